The van der Waals surface area contributed by atoms with Crippen LogP contribution >= 0.6 is 0 Å². The van der Waals surface area contributed by atoms with E-state index in [0.717, 1.165) is 17.7 Å². The average Bonchev–Trinajstić information content (AvgIpc) is 3.23. The number of anilines is 1. The maximum Gasteiger partial charge on any atom is 0.416 e. The lowest BCUT2D eigenvalue weighted by Gasteiger charge is -2.10. The first-order chi connectivity index (χ1) is 16.2. The number of carbonyl (C=O) groups is 1. The first-order valence-corrected chi connectivity index (χ1v) is 10.5. The number of hydrogen-bond acceptors (Lipinski definition) is 4. The van der Waals surface area contributed by atoms with E-state index >= 15 is 0 Å². The van der Waals surface area contributed by atoms with Crippen LogP contribution in [0.2, 0.25) is 0 Å². The van der Waals surface area contributed by atoms with E-state index in [9.17, 15) is 18.0 Å². The van der Waals surface area contributed by atoms with Gasteiger partial charge in [-0.1, -0.05) is 29.8 Å². The Morgan fingerprint density at radius 2 is 1.62 bits per heavy atom. The standard InChI is InChI=1S/C25H21F3N4O2/c1-3-34-24-30-22(17-8-10-19(11-9-17)25(26,27)28)32(31-24)21-14-12-20(13-15-21)29-23(33)18-6-4-16(2)5-7-18/h4-15H,3H2,1-2H3,(H,29,33). The van der Waals surface area contributed by atoms with Gasteiger partial charge in [-0.15, -0.1) is 5.10 Å². The molecule has 0 aliphatic rings. The van der Waals surface area contributed by atoms with Crippen LogP contribution in [0.25, 0.3) is 17.1 Å². The van der Waals surface area contributed by atoms with Gasteiger partial charge in [0.25, 0.3) is 5.91 Å². The molecule has 0 aliphatic heterocycles. The summed E-state index contributed by atoms with van der Waals surface area (Å²) in [6.45, 7) is 4.06. The quantitative estimate of drug-likeness (QED) is 0.383. The van der Waals surface area contributed by atoms with Gasteiger partial charge >= 0.3 is 12.2 Å². The largest absolute Gasteiger partial charge is 0.463 e. The van der Waals surface area contributed by atoms with Gasteiger partial charge in [-0.25, -0.2) is 4.68 Å². The van der Waals surface area contributed by atoms with Crippen LogP contribution in [0.3, 0.4) is 0 Å². The molecule has 0 saturated heterocycles. The van der Waals surface area contributed by atoms with Crippen LogP contribution in [0.4, 0.5) is 18.9 Å². The van der Waals surface area contributed by atoms with E-state index in [1.54, 1.807) is 43.3 Å². The molecule has 0 fully saturated rings. The summed E-state index contributed by atoms with van der Waals surface area (Å²) >= 11 is 0. The predicted octanol–water partition coefficient (Wildman–Crippen LogP) is 5.91. The number of carbonyl (C=O) groups excluding carboxylic acids is 1. The topological polar surface area (TPSA) is 69.0 Å². The van der Waals surface area contributed by atoms with Crippen LogP contribution in [0.15, 0.2) is 72.8 Å². The number of halogens is 3. The molecule has 9 heteroatoms. The molecule has 0 unspecified atom stereocenters. The van der Waals surface area contributed by atoms with Gasteiger partial charge in [0.2, 0.25) is 0 Å². The number of rotatable bonds is 6. The van der Waals surface area contributed by atoms with Crippen molar-refractivity contribution >= 4 is 11.6 Å². The molecule has 0 bridgehead atoms. The van der Waals surface area contributed by atoms with Gasteiger partial charge in [-0.3, -0.25) is 4.79 Å². The normalized spacial score (nSPS) is 11.3. The van der Waals surface area contributed by atoms with Crippen LogP contribution in [0.1, 0.15) is 28.4 Å². The molecule has 0 aliphatic carbocycles. The highest BCUT2D eigenvalue weighted by Gasteiger charge is 2.30. The molecule has 1 N–H and O–H groups in total. The molecule has 4 rings (SSSR count). The van der Waals surface area contributed by atoms with Crippen LogP contribution in [0.5, 0.6) is 6.01 Å². The molecular weight excluding hydrogens is 445 g/mol. The van der Waals surface area contributed by atoms with E-state index in [1.165, 1.54) is 16.8 Å². The maximum absolute atomic E-state index is 12.9. The van der Waals surface area contributed by atoms with Crippen molar-refractivity contribution in [3.8, 4) is 23.1 Å². The molecule has 34 heavy (non-hydrogen) atoms. The van der Waals surface area contributed by atoms with Gasteiger partial charge < -0.3 is 10.1 Å². The number of alkyl halides is 3. The molecule has 0 atom stereocenters. The summed E-state index contributed by atoms with van der Waals surface area (Å²) in [7, 11) is 0. The third-order valence-electron chi connectivity index (χ3n) is 5.02. The van der Waals surface area contributed by atoms with E-state index < -0.39 is 11.7 Å². The molecule has 1 amide bonds. The number of ether oxygens (including phenoxy) is 1. The Balaban J connectivity index is 1.61. The fourth-order valence-electron chi connectivity index (χ4n) is 3.25. The lowest BCUT2D eigenvalue weighted by molar-refractivity contribution is -0.137. The lowest BCUT2D eigenvalue weighted by Crippen LogP contribution is -2.11. The number of nitrogens with zero attached hydrogens (tertiary/aromatic N) is 3. The van der Waals surface area contributed by atoms with Gasteiger partial charge in [0.05, 0.1) is 17.9 Å². The van der Waals surface area contributed by atoms with E-state index in [2.05, 4.69) is 15.4 Å². The number of nitrogens with one attached hydrogen (secondary N) is 1. The van der Waals surface area contributed by atoms with Crippen LogP contribution in [-0.4, -0.2) is 27.3 Å². The van der Waals surface area contributed by atoms with Crippen LogP contribution in [-0.2, 0) is 6.18 Å². The zero-order valence-electron chi connectivity index (χ0n) is 18.4. The summed E-state index contributed by atoms with van der Waals surface area (Å²) < 4.78 is 45.7. The van der Waals surface area contributed by atoms with E-state index in [4.69, 9.17) is 4.74 Å². The number of aryl methyl sites for hydroxylation is 1. The highest BCUT2D eigenvalue weighted by atomic mass is 19.4. The number of benzene rings is 3. The highest BCUT2D eigenvalue weighted by Crippen LogP contribution is 2.31. The Morgan fingerprint density at radius 3 is 2.21 bits per heavy atom. The number of hydrogen-bond donors (Lipinski definition) is 1. The first kappa shape index (κ1) is 23.0. The highest BCUT2D eigenvalue weighted by molar-refractivity contribution is 6.04. The molecule has 4 aromatic rings. The molecule has 174 valence electrons. The minimum absolute atomic E-state index is 0.106. The predicted molar refractivity (Wildman–Crippen MR) is 122 cm³/mol. The van der Waals surface area contributed by atoms with Gasteiger partial charge in [-0.05, 0) is 62.4 Å². The van der Waals surface area contributed by atoms with Crippen molar-refractivity contribution in [1.82, 2.24) is 14.8 Å². The molecule has 0 radical (unpaired) electrons. The molecule has 6 nitrogen and oxygen atoms in total. The zero-order valence-corrected chi connectivity index (χ0v) is 18.4. The van der Waals surface area contributed by atoms with Gasteiger partial charge in [0, 0.05) is 16.8 Å². The maximum atomic E-state index is 12.9. The lowest BCUT2D eigenvalue weighted by atomic mass is 10.1. The van der Waals surface area contributed by atoms with Crippen molar-refractivity contribution in [3.05, 3.63) is 89.5 Å². The van der Waals surface area contributed by atoms with Gasteiger partial charge in [0.1, 0.15) is 0 Å². The molecule has 1 aromatic heterocycles. The van der Waals surface area contributed by atoms with Crippen molar-refractivity contribution in [2.75, 3.05) is 11.9 Å². The number of amides is 1. The fourth-order valence-corrected chi connectivity index (χ4v) is 3.25. The summed E-state index contributed by atoms with van der Waals surface area (Å²) in [5, 5.41) is 7.17. The molecular formula is C25H21F3N4O2. The second-order valence-electron chi connectivity index (χ2n) is 7.50. The SMILES string of the molecule is CCOc1nc(-c2ccc(C(F)(F)F)cc2)n(-c2ccc(NC(=O)c3ccc(C)cc3)cc2)n1. The Bertz CT molecular complexity index is 1280. The third kappa shape index (κ3) is 5.09. The monoisotopic (exact) mass is 466 g/mol. The minimum Gasteiger partial charge on any atom is -0.463 e. The molecule has 1 heterocycles. The third-order valence-corrected chi connectivity index (χ3v) is 5.02. The van der Waals surface area contributed by atoms with Gasteiger partial charge in [-0.2, -0.15) is 18.2 Å². The number of aromatic nitrogens is 3. The van der Waals surface area contributed by atoms with Crippen molar-refractivity contribution in [3.63, 3.8) is 0 Å². The van der Waals surface area contributed by atoms with E-state index in [0.29, 0.717) is 34.9 Å². The Kier molecular flexibility index (Phi) is 6.36. The zero-order chi connectivity index (χ0) is 24.3. The van der Waals surface area contributed by atoms with Crippen molar-refractivity contribution in [2.45, 2.75) is 20.0 Å². The summed E-state index contributed by atoms with van der Waals surface area (Å²) in [5.74, 6) is 0.0891. The second-order valence-corrected chi connectivity index (χ2v) is 7.50. The van der Waals surface area contributed by atoms with Crippen LogP contribution in [0, 0.1) is 6.92 Å². The Hall–Kier alpha value is -4.14. The minimum atomic E-state index is -4.43. The second kappa shape index (κ2) is 9.38. The van der Waals surface area contributed by atoms with Crippen LogP contribution < -0.4 is 10.1 Å². The van der Waals surface area contributed by atoms with Gasteiger partial charge in [0.15, 0.2) is 5.82 Å². The first-order valence-electron chi connectivity index (χ1n) is 10.5. The van der Waals surface area contributed by atoms with E-state index in [1.807, 2.05) is 19.1 Å². The average molecular weight is 466 g/mol. The smallest absolute Gasteiger partial charge is 0.416 e. The van der Waals surface area contributed by atoms with Crippen molar-refractivity contribution in [1.29, 1.82) is 0 Å². The molecule has 0 saturated carbocycles. The van der Waals surface area contributed by atoms with Crippen molar-refractivity contribution in [2.24, 2.45) is 0 Å². The Morgan fingerprint density at radius 1 is 0.971 bits per heavy atom. The van der Waals surface area contributed by atoms with E-state index in [-0.39, 0.29) is 11.9 Å². The summed E-state index contributed by atoms with van der Waals surface area (Å²) in [5.41, 5.74) is 2.47. The summed E-state index contributed by atoms with van der Waals surface area (Å²) in [4.78, 5) is 16.8. The summed E-state index contributed by atoms with van der Waals surface area (Å²) in [6.07, 6.45) is -4.43. The summed E-state index contributed by atoms with van der Waals surface area (Å²) in [6, 6.07) is 18.9. The van der Waals surface area contributed by atoms with Crippen molar-refractivity contribution < 1.29 is 22.7 Å². The molecule has 0 spiro atoms. The fraction of sp³-hybridized carbons (Fsp3) is 0.160. The molecule has 3 aromatic carbocycles. The Labute approximate surface area is 194 Å².